The number of fused-ring (bicyclic) bond motifs is 3. The van der Waals surface area contributed by atoms with Crippen LogP contribution in [0.2, 0.25) is 0 Å². The van der Waals surface area contributed by atoms with Gasteiger partial charge in [0.15, 0.2) is 0 Å². The lowest BCUT2D eigenvalue weighted by Crippen LogP contribution is -1.91. The van der Waals surface area contributed by atoms with Crippen LogP contribution in [-0.2, 0) is 0 Å². The summed E-state index contributed by atoms with van der Waals surface area (Å²) in [7, 11) is 0. The van der Waals surface area contributed by atoms with Gasteiger partial charge in [0, 0.05) is 0 Å². The minimum atomic E-state index is 1.24. The van der Waals surface area contributed by atoms with E-state index in [0.717, 1.165) is 0 Å². The molecule has 0 unspecified atom stereocenters. The van der Waals surface area contributed by atoms with E-state index < -0.39 is 0 Å². The van der Waals surface area contributed by atoms with Crippen molar-refractivity contribution in [3.63, 3.8) is 0 Å². The van der Waals surface area contributed by atoms with Gasteiger partial charge in [-0.3, -0.25) is 0 Å². The third-order valence-electron chi connectivity index (χ3n) is 7.25. The third-order valence-corrected chi connectivity index (χ3v) is 7.25. The standard InChI is InChI=1S/C36H24/c1-3-13-26(14-4-1)35-31-19-9-10-20-32(31)36(27-15-5-2-6-16-27)34-24-28(22-23-33(34)35)30-21-11-17-25-12-7-8-18-29(25)30/h1-24H. The van der Waals surface area contributed by atoms with Gasteiger partial charge in [-0.1, -0.05) is 140 Å². The molecule has 0 amide bonds. The Kier molecular flexibility index (Phi) is 4.89. The summed E-state index contributed by atoms with van der Waals surface area (Å²) in [6.45, 7) is 0. The Labute approximate surface area is 211 Å². The molecule has 0 saturated carbocycles. The third kappa shape index (κ3) is 3.31. The first-order chi connectivity index (χ1) is 17.9. The lowest BCUT2D eigenvalue weighted by Gasteiger charge is -2.19. The molecule has 7 aromatic carbocycles. The van der Waals surface area contributed by atoms with E-state index in [2.05, 4.69) is 146 Å². The molecule has 7 rings (SSSR count). The van der Waals surface area contributed by atoms with Crippen molar-refractivity contribution in [3.8, 4) is 33.4 Å². The molecule has 36 heavy (non-hydrogen) atoms. The quantitative estimate of drug-likeness (QED) is 0.232. The van der Waals surface area contributed by atoms with E-state index in [4.69, 9.17) is 0 Å². The van der Waals surface area contributed by atoms with Crippen LogP contribution in [0.4, 0.5) is 0 Å². The van der Waals surface area contributed by atoms with Gasteiger partial charge in [-0.25, -0.2) is 0 Å². The molecule has 0 aromatic heterocycles. The van der Waals surface area contributed by atoms with Gasteiger partial charge in [-0.2, -0.15) is 0 Å². The minimum absolute atomic E-state index is 1.24. The summed E-state index contributed by atoms with van der Waals surface area (Å²) >= 11 is 0. The van der Waals surface area contributed by atoms with Crippen LogP contribution in [0.5, 0.6) is 0 Å². The highest BCUT2D eigenvalue weighted by Crippen LogP contribution is 2.45. The molecule has 0 aliphatic carbocycles. The van der Waals surface area contributed by atoms with Crippen LogP contribution in [0.3, 0.4) is 0 Å². The zero-order chi connectivity index (χ0) is 23.9. The molecule has 0 aliphatic rings. The van der Waals surface area contributed by atoms with E-state index in [1.54, 1.807) is 0 Å². The van der Waals surface area contributed by atoms with Crippen LogP contribution in [0.25, 0.3) is 65.7 Å². The average molecular weight is 457 g/mol. The number of hydrogen-bond donors (Lipinski definition) is 0. The molecule has 0 radical (unpaired) electrons. The summed E-state index contributed by atoms with van der Waals surface area (Å²) < 4.78 is 0. The van der Waals surface area contributed by atoms with Gasteiger partial charge in [0.25, 0.3) is 0 Å². The van der Waals surface area contributed by atoms with Gasteiger partial charge in [0.1, 0.15) is 0 Å². The Bertz CT molecular complexity index is 1860. The number of hydrogen-bond acceptors (Lipinski definition) is 0. The van der Waals surface area contributed by atoms with Gasteiger partial charge >= 0.3 is 0 Å². The van der Waals surface area contributed by atoms with Crippen LogP contribution in [0.15, 0.2) is 146 Å². The first kappa shape index (κ1) is 20.7. The van der Waals surface area contributed by atoms with E-state index in [1.165, 1.54) is 65.7 Å². The summed E-state index contributed by atoms with van der Waals surface area (Å²) in [4.78, 5) is 0. The maximum Gasteiger partial charge on any atom is -0.00262 e. The van der Waals surface area contributed by atoms with Gasteiger partial charge < -0.3 is 0 Å². The van der Waals surface area contributed by atoms with E-state index in [1.807, 2.05) is 0 Å². The Balaban J connectivity index is 1.64. The van der Waals surface area contributed by atoms with Crippen molar-refractivity contribution in [1.29, 1.82) is 0 Å². The molecule has 0 atom stereocenters. The van der Waals surface area contributed by atoms with Crippen LogP contribution >= 0.6 is 0 Å². The van der Waals surface area contributed by atoms with Crippen LogP contribution in [-0.4, -0.2) is 0 Å². The largest absolute Gasteiger partial charge is 0.0622 e. The molecule has 0 nitrogen and oxygen atoms in total. The summed E-state index contributed by atoms with van der Waals surface area (Å²) in [5.41, 5.74) is 7.59. The fraction of sp³-hybridized carbons (Fsp3) is 0. The highest BCUT2D eigenvalue weighted by Gasteiger charge is 2.17. The summed E-state index contributed by atoms with van der Waals surface area (Å²) in [5.74, 6) is 0. The molecule has 0 bridgehead atoms. The maximum absolute atomic E-state index is 2.40. The smallest absolute Gasteiger partial charge is 0.00262 e. The van der Waals surface area contributed by atoms with Gasteiger partial charge in [0.05, 0.1) is 0 Å². The number of rotatable bonds is 3. The lowest BCUT2D eigenvalue weighted by atomic mass is 9.84. The van der Waals surface area contributed by atoms with Gasteiger partial charge in [0.2, 0.25) is 0 Å². The Hall–Kier alpha value is -4.68. The molecular weight excluding hydrogens is 432 g/mol. The van der Waals surface area contributed by atoms with Crippen molar-refractivity contribution in [2.45, 2.75) is 0 Å². The zero-order valence-corrected chi connectivity index (χ0v) is 19.9. The molecule has 0 N–H and O–H groups in total. The topological polar surface area (TPSA) is 0 Å². The molecular formula is C36H24. The van der Waals surface area contributed by atoms with Crippen molar-refractivity contribution >= 4 is 32.3 Å². The number of benzene rings is 7. The summed E-state index contributed by atoms with van der Waals surface area (Å²) in [6, 6.07) is 52.7. The highest BCUT2D eigenvalue weighted by molar-refractivity contribution is 6.22. The fourth-order valence-electron chi connectivity index (χ4n) is 5.65. The Morgan fingerprint density at radius 1 is 0.278 bits per heavy atom. The molecule has 0 saturated heterocycles. The molecule has 0 heteroatoms. The summed E-state index contributed by atoms with van der Waals surface area (Å²) in [6.07, 6.45) is 0. The SMILES string of the molecule is c1ccc(-c2c3ccccc3c(-c3ccccc3)c3cc(-c4cccc5ccccc45)ccc23)cc1. The Morgan fingerprint density at radius 3 is 1.44 bits per heavy atom. The van der Waals surface area contributed by atoms with Crippen molar-refractivity contribution < 1.29 is 0 Å². The highest BCUT2D eigenvalue weighted by atomic mass is 14.2. The molecule has 0 fully saturated rings. The normalized spacial score (nSPS) is 11.3. The van der Waals surface area contributed by atoms with Crippen LogP contribution < -0.4 is 0 Å². The van der Waals surface area contributed by atoms with E-state index >= 15 is 0 Å². The second-order valence-corrected chi connectivity index (χ2v) is 9.31. The molecule has 0 spiro atoms. The van der Waals surface area contributed by atoms with Crippen LogP contribution in [0, 0.1) is 0 Å². The molecule has 7 aromatic rings. The second-order valence-electron chi connectivity index (χ2n) is 9.31. The molecule has 168 valence electrons. The van der Waals surface area contributed by atoms with Crippen molar-refractivity contribution in [1.82, 2.24) is 0 Å². The predicted octanol–water partition coefficient (Wildman–Crippen LogP) is 10.1. The maximum atomic E-state index is 2.40. The van der Waals surface area contributed by atoms with E-state index in [9.17, 15) is 0 Å². The lowest BCUT2D eigenvalue weighted by molar-refractivity contribution is 1.64. The van der Waals surface area contributed by atoms with Gasteiger partial charge in [-0.15, -0.1) is 0 Å². The summed E-state index contributed by atoms with van der Waals surface area (Å²) in [5, 5.41) is 7.68. The zero-order valence-electron chi connectivity index (χ0n) is 19.9. The monoisotopic (exact) mass is 456 g/mol. The minimum Gasteiger partial charge on any atom is -0.0622 e. The predicted molar refractivity (Wildman–Crippen MR) is 155 cm³/mol. The van der Waals surface area contributed by atoms with Crippen molar-refractivity contribution in [2.24, 2.45) is 0 Å². The fourth-order valence-corrected chi connectivity index (χ4v) is 5.65. The first-order valence-electron chi connectivity index (χ1n) is 12.5. The average Bonchev–Trinajstić information content (AvgIpc) is 2.96. The molecule has 0 aliphatic heterocycles. The molecule has 0 heterocycles. The van der Waals surface area contributed by atoms with E-state index in [-0.39, 0.29) is 0 Å². The van der Waals surface area contributed by atoms with Gasteiger partial charge in [-0.05, 0) is 71.8 Å². The first-order valence-corrected chi connectivity index (χ1v) is 12.5. The van der Waals surface area contributed by atoms with Crippen LogP contribution in [0.1, 0.15) is 0 Å². The van der Waals surface area contributed by atoms with E-state index in [0.29, 0.717) is 0 Å². The van der Waals surface area contributed by atoms with Crippen molar-refractivity contribution in [3.05, 3.63) is 146 Å². The Morgan fingerprint density at radius 2 is 0.778 bits per heavy atom. The second kappa shape index (κ2) is 8.52. The van der Waals surface area contributed by atoms with Crippen molar-refractivity contribution in [2.75, 3.05) is 0 Å².